The van der Waals surface area contributed by atoms with Crippen LogP contribution in [0, 0.1) is 10.1 Å². The van der Waals surface area contributed by atoms with Crippen molar-refractivity contribution in [1.82, 2.24) is 15.2 Å². The number of nitrogens with one attached hydrogen (secondary N) is 2. The topological polar surface area (TPSA) is 96.7 Å². The summed E-state index contributed by atoms with van der Waals surface area (Å²) in [7, 11) is 0. The zero-order valence-corrected chi connectivity index (χ0v) is 8.25. The molecule has 0 spiro atoms. The minimum Gasteiger partial charge on any atom is -0.366 e. The van der Waals surface area contributed by atoms with Gasteiger partial charge in [0.25, 0.3) is 5.69 Å². The van der Waals surface area contributed by atoms with Crippen LogP contribution in [0.25, 0.3) is 0 Å². The number of nitrogens with zero attached hydrogens (tertiary/aromatic N) is 3. The van der Waals surface area contributed by atoms with E-state index in [-0.39, 0.29) is 5.69 Å². The Morgan fingerprint density at radius 3 is 3.12 bits per heavy atom. The van der Waals surface area contributed by atoms with Gasteiger partial charge in [-0.15, -0.1) is 0 Å². The predicted octanol–water partition coefficient (Wildman–Crippen LogP) is 1.32. The summed E-state index contributed by atoms with van der Waals surface area (Å²) < 4.78 is 0. The van der Waals surface area contributed by atoms with Gasteiger partial charge in [-0.3, -0.25) is 15.2 Å². The highest BCUT2D eigenvalue weighted by Crippen LogP contribution is 2.14. The molecule has 0 saturated heterocycles. The number of rotatable bonds is 4. The van der Waals surface area contributed by atoms with E-state index in [0.717, 1.165) is 5.56 Å². The Hall–Kier alpha value is -2.44. The third kappa shape index (κ3) is 2.32. The van der Waals surface area contributed by atoms with Crippen LogP contribution in [0.15, 0.2) is 30.7 Å². The second-order valence-electron chi connectivity index (χ2n) is 3.12. The Labute approximate surface area is 90.7 Å². The van der Waals surface area contributed by atoms with E-state index in [1.54, 1.807) is 12.4 Å². The minimum absolute atomic E-state index is 0.0182. The van der Waals surface area contributed by atoms with Crippen LogP contribution in [0.2, 0.25) is 0 Å². The van der Waals surface area contributed by atoms with Crippen molar-refractivity contribution in [3.8, 4) is 0 Å². The molecule has 2 rings (SSSR count). The molecule has 0 amide bonds. The van der Waals surface area contributed by atoms with Gasteiger partial charge in [0.15, 0.2) is 0 Å². The monoisotopic (exact) mass is 219 g/mol. The molecule has 0 bridgehead atoms. The summed E-state index contributed by atoms with van der Waals surface area (Å²) in [5.74, 6) is 0.468. The number of hydrogen-bond acceptors (Lipinski definition) is 5. The van der Waals surface area contributed by atoms with E-state index in [2.05, 4.69) is 20.5 Å². The number of pyridine rings is 1. The van der Waals surface area contributed by atoms with Crippen LogP contribution < -0.4 is 5.32 Å². The van der Waals surface area contributed by atoms with Gasteiger partial charge in [-0.05, 0) is 0 Å². The van der Waals surface area contributed by atoms with Crippen LogP contribution >= 0.6 is 0 Å². The molecule has 0 aromatic carbocycles. The minimum atomic E-state index is -0.454. The van der Waals surface area contributed by atoms with Crippen LogP contribution in [-0.4, -0.2) is 20.1 Å². The number of hydrogen-bond donors (Lipinski definition) is 2. The Morgan fingerprint density at radius 2 is 2.44 bits per heavy atom. The molecule has 16 heavy (non-hydrogen) atoms. The fourth-order valence-electron chi connectivity index (χ4n) is 1.20. The first-order chi connectivity index (χ1) is 7.75. The fourth-order valence-corrected chi connectivity index (χ4v) is 1.20. The SMILES string of the molecule is O=[N+]([O-])c1ccnc(NCc2cn[nH]c2)c1. The predicted molar refractivity (Wildman–Crippen MR) is 56.8 cm³/mol. The summed E-state index contributed by atoms with van der Waals surface area (Å²) in [5, 5.41) is 20.0. The van der Waals surface area contributed by atoms with E-state index >= 15 is 0 Å². The van der Waals surface area contributed by atoms with E-state index in [1.165, 1.54) is 18.3 Å². The maximum Gasteiger partial charge on any atom is 0.274 e. The summed E-state index contributed by atoms with van der Waals surface area (Å²) in [6.45, 7) is 0.519. The first kappa shape index (κ1) is 10.1. The molecular formula is C9H9N5O2. The van der Waals surface area contributed by atoms with Crippen LogP contribution in [0.4, 0.5) is 11.5 Å². The molecule has 0 atom stereocenters. The lowest BCUT2D eigenvalue weighted by Gasteiger charge is -2.02. The molecule has 0 unspecified atom stereocenters. The van der Waals surface area contributed by atoms with Gasteiger partial charge in [-0.25, -0.2) is 4.98 Å². The van der Waals surface area contributed by atoms with E-state index in [1.807, 2.05) is 0 Å². The maximum atomic E-state index is 10.5. The lowest BCUT2D eigenvalue weighted by molar-refractivity contribution is -0.384. The number of nitro groups is 1. The molecular weight excluding hydrogens is 210 g/mol. The van der Waals surface area contributed by atoms with E-state index in [0.29, 0.717) is 12.4 Å². The molecule has 0 saturated carbocycles. The van der Waals surface area contributed by atoms with Crippen molar-refractivity contribution in [2.75, 3.05) is 5.32 Å². The van der Waals surface area contributed by atoms with Gasteiger partial charge in [-0.2, -0.15) is 5.10 Å². The smallest absolute Gasteiger partial charge is 0.274 e. The second-order valence-corrected chi connectivity index (χ2v) is 3.12. The normalized spacial score (nSPS) is 10.0. The standard InChI is InChI=1S/C9H9N5O2/c15-14(16)8-1-2-10-9(3-8)11-4-7-5-12-13-6-7/h1-3,5-6H,4H2,(H,10,11)(H,12,13). The zero-order chi connectivity index (χ0) is 11.4. The van der Waals surface area contributed by atoms with Gasteiger partial charge in [0.2, 0.25) is 0 Å². The van der Waals surface area contributed by atoms with Crippen molar-refractivity contribution in [3.05, 3.63) is 46.4 Å². The highest BCUT2D eigenvalue weighted by molar-refractivity contribution is 5.44. The summed E-state index contributed by atoms with van der Waals surface area (Å²) in [4.78, 5) is 14.0. The Kier molecular flexibility index (Phi) is 2.77. The van der Waals surface area contributed by atoms with Crippen molar-refractivity contribution >= 4 is 11.5 Å². The fraction of sp³-hybridized carbons (Fsp3) is 0.111. The van der Waals surface area contributed by atoms with Gasteiger partial charge in [0.05, 0.1) is 17.2 Å². The maximum absolute atomic E-state index is 10.5. The van der Waals surface area contributed by atoms with Crippen LogP contribution in [0.1, 0.15) is 5.56 Å². The number of aromatic nitrogens is 3. The molecule has 2 aromatic heterocycles. The molecule has 0 aliphatic heterocycles. The number of anilines is 1. The summed E-state index contributed by atoms with van der Waals surface area (Å²) in [5.41, 5.74) is 0.970. The van der Waals surface area contributed by atoms with Crippen LogP contribution in [-0.2, 0) is 6.54 Å². The molecule has 2 aromatic rings. The second kappa shape index (κ2) is 4.39. The van der Waals surface area contributed by atoms with Crippen molar-refractivity contribution in [2.45, 2.75) is 6.54 Å². The Morgan fingerprint density at radius 1 is 1.56 bits per heavy atom. The highest BCUT2D eigenvalue weighted by Gasteiger charge is 2.06. The van der Waals surface area contributed by atoms with Gasteiger partial charge >= 0.3 is 0 Å². The Bertz CT molecular complexity index is 482. The first-order valence-electron chi connectivity index (χ1n) is 4.57. The molecule has 2 heterocycles. The van der Waals surface area contributed by atoms with Gasteiger partial charge in [-0.1, -0.05) is 0 Å². The summed E-state index contributed by atoms with van der Waals surface area (Å²) in [6, 6.07) is 2.74. The summed E-state index contributed by atoms with van der Waals surface area (Å²) >= 11 is 0. The molecule has 7 nitrogen and oxygen atoms in total. The average molecular weight is 219 g/mol. The molecule has 2 N–H and O–H groups in total. The van der Waals surface area contributed by atoms with Crippen LogP contribution in [0.3, 0.4) is 0 Å². The largest absolute Gasteiger partial charge is 0.366 e. The molecule has 7 heteroatoms. The van der Waals surface area contributed by atoms with Crippen molar-refractivity contribution < 1.29 is 4.92 Å². The van der Waals surface area contributed by atoms with Crippen LogP contribution in [0.5, 0.6) is 0 Å². The Balaban J connectivity index is 2.04. The van der Waals surface area contributed by atoms with Crippen molar-refractivity contribution in [2.24, 2.45) is 0 Å². The van der Waals surface area contributed by atoms with E-state index in [9.17, 15) is 10.1 Å². The summed E-state index contributed by atoms with van der Waals surface area (Å²) in [6.07, 6.45) is 4.81. The average Bonchev–Trinajstić information content (AvgIpc) is 2.79. The van der Waals surface area contributed by atoms with E-state index in [4.69, 9.17) is 0 Å². The third-order valence-electron chi connectivity index (χ3n) is 1.98. The lowest BCUT2D eigenvalue weighted by Crippen LogP contribution is -2.01. The number of aromatic amines is 1. The molecule has 0 aliphatic rings. The quantitative estimate of drug-likeness (QED) is 0.597. The highest BCUT2D eigenvalue weighted by atomic mass is 16.6. The van der Waals surface area contributed by atoms with Crippen molar-refractivity contribution in [3.63, 3.8) is 0 Å². The molecule has 0 fully saturated rings. The van der Waals surface area contributed by atoms with Gasteiger partial charge < -0.3 is 5.32 Å². The first-order valence-corrected chi connectivity index (χ1v) is 4.57. The molecule has 0 radical (unpaired) electrons. The van der Waals surface area contributed by atoms with Gasteiger partial charge in [0, 0.05) is 30.6 Å². The third-order valence-corrected chi connectivity index (χ3v) is 1.98. The lowest BCUT2D eigenvalue weighted by atomic mass is 10.3. The molecule has 0 aliphatic carbocycles. The zero-order valence-electron chi connectivity index (χ0n) is 8.25. The molecule has 82 valence electrons. The number of H-pyrrole nitrogens is 1. The van der Waals surface area contributed by atoms with E-state index < -0.39 is 4.92 Å². The van der Waals surface area contributed by atoms with Crippen molar-refractivity contribution in [1.29, 1.82) is 0 Å². The van der Waals surface area contributed by atoms with Gasteiger partial charge in [0.1, 0.15) is 5.82 Å².